The van der Waals surface area contributed by atoms with Crippen LogP contribution in [0.15, 0.2) is 27.1 Å². The van der Waals surface area contributed by atoms with Crippen LogP contribution in [0.5, 0.6) is 0 Å². The number of hydrogen-bond acceptors (Lipinski definition) is 6. The first-order valence-electron chi connectivity index (χ1n) is 6.15. The van der Waals surface area contributed by atoms with Gasteiger partial charge in [-0.05, 0) is 48.0 Å². The number of nitrogens with zero attached hydrogens (tertiary/aromatic N) is 4. The first kappa shape index (κ1) is 14.7. The molecule has 5 nitrogen and oxygen atoms in total. The molecule has 0 saturated carbocycles. The van der Waals surface area contributed by atoms with Crippen molar-refractivity contribution in [3.63, 3.8) is 0 Å². The summed E-state index contributed by atoms with van der Waals surface area (Å²) in [7, 11) is 0. The van der Waals surface area contributed by atoms with Crippen molar-refractivity contribution in [2.45, 2.75) is 19.0 Å². The molecule has 0 bridgehead atoms. The van der Waals surface area contributed by atoms with Gasteiger partial charge in [0.1, 0.15) is 0 Å². The Bertz CT molecular complexity index is 827. The molecule has 0 fully saturated rings. The number of aryl methyl sites for hydroxylation is 2. The van der Waals surface area contributed by atoms with E-state index in [1.165, 1.54) is 23.1 Å². The Morgan fingerprint density at radius 1 is 1.38 bits per heavy atom. The van der Waals surface area contributed by atoms with Gasteiger partial charge in [-0.3, -0.25) is 4.79 Å². The van der Waals surface area contributed by atoms with Gasteiger partial charge in [-0.25, -0.2) is 9.50 Å². The van der Waals surface area contributed by atoms with E-state index < -0.39 is 0 Å². The van der Waals surface area contributed by atoms with Crippen LogP contribution < -0.4 is 0 Å². The van der Waals surface area contributed by atoms with E-state index in [2.05, 4.69) is 31.0 Å². The lowest BCUT2D eigenvalue weighted by Crippen LogP contribution is -2.00. The molecule has 0 saturated heterocycles. The van der Waals surface area contributed by atoms with E-state index in [1.54, 1.807) is 4.52 Å². The molecule has 21 heavy (non-hydrogen) atoms. The number of thioether (sulfide) groups is 1. The van der Waals surface area contributed by atoms with Gasteiger partial charge in [0.05, 0.1) is 14.4 Å². The van der Waals surface area contributed by atoms with Gasteiger partial charge in [0, 0.05) is 11.4 Å². The van der Waals surface area contributed by atoms with Crippen molar-refractivity contribution in [3.05, 3.63) is 38.3 Å². The van der Waals surface area contributed by atoms with Crippen molar-refractivity contribution < 1.29 is 4.79 Å². The standard InChI is InChI=1S/C13H11BrN4OS2/c1-7-5-8(2)18-12(15-7)16-13(17-18)20-6-9(19)10-3-4-11(14)21-10/h3-5H,6H2,1-2H3. The minimum Gasteiger partial charge on any atom is -0.292 e. The fourth-order valence-electron chi connectivity index (χ4n) is 1.87. The third-order valence-electron chi connectivity index (χ3n) is 2.78. The van der Waals surface area contributed by atoms with Gasteiger partial charge in [-0.2, -0.15) is 4.98 Å². The van der Waals surface area contributed by atoms with Crippen molar-refractivity contribution in [1.82, 2.24) is 19.6 Å². The van der Waals surface area contributed by atoms with Crippen LogP contribution in [-0.4, -0.2) is 31.1 Å². The van der Waals surface area contributed by atoms with Gasteiger partial charge in [0.2, 0.25) is 5.16 Å². The van der Waals surface area contributed by atoms with E-state index in [4.69, 9.17) is 0 Å². The summed E-state index contributed by atoms with van der Waals surface area (Å²) in [6.45, 7) is 3.88. The minimum atomic E-state index is 0.0791. The molecule has 0 aliphatic rings. The van der Waals surface area contributed by atoms with E-state index >= 15 is 0 Å². The number of Topliss-reactive ketones (excluding diaryl/α,β-unsaturated/α-hetero) is 1. The summed E-state index contributed by atoms with van der Waals surface area (Å²) in [5.74, 6) is 0.971. The molecule has 0 spiro atoms. The highest BCUT2D eigenvalue weighted by Gasteiger charge is 2.13. The lowest BCUT2D eigenvalue weighted by atomic mass is 10.4. The van der Waals surface area contributed by atoms with Gasteiger partial charge in [0.25, 0.3) is 5.78 Å². The summed E-state index contributed by atoms with van der Waals surface area (Å²) in [5.41, 5.74) is 1.88. The third kappa shape index (κ3) is 3.17. The predicted molar refractivity (Wildman–Crippen MR) is 87.3 cm³/mol. The highest BCUT2D eigenvalue weighted by atomic mass is 79.9. The van der Waals surface area contributed by atoms with Crippen LogP contribution in [0.25, 0.3) is 5.78 Å². The van der Waals surface area contributed by atoms with Gasteiger partial charge in [0.15, 0.2) is 5.78 Å². The average molecular weight is 383 g/mol. The zero-order valence-electron chi connectivity index (χ0n) is 11.3. The van der Waals surface area contributed by atoms with Crippen LogP contribution in [0.3, 0.4) is 0 Å². The molecule has 0 amide bonds. The molecule has 3 aromatic heterocycles. The highest BCUT2D eigenvalue weighted by Crippen LogP contribution is 2.24. The topological polar surface area (TPSA) is 60.2 Å². The monoisotopic (exact) mass is 382 g/mol. The summed E-state index contributed by atoms with van der Waals surface area (Å²) in [6, 6.07) is 5.65. The first-order chi connectivity index (χ1) is 10.0. The van der Waals surface area contributed by atoms with Gasteiger partial charge in [-0.15, -0.1) is 16.4 Å². The SMILES string of the molecule is Cc1cc(C)n2nc(SCC(=O)c3ccc(Br)s3)nc2n1. The fourth-order valence-corrected chi connectivity index (χ4v) is 3.99. The molecular formula is C13H11BrN4OS2. The fraction of sp³-hybridized carbons (Fsp3) is 0.231. The summed E-state index contributed by atoms with van der Waals surface area (Å²) >= 11 is 6.13. The first-order valence-corrected chi connectivity index (χ1v) is 8.75. The Labute approximate surface area is 137 Å². The second-order valence-corrected chi connectivity index (χ2v) is 7.87. The molecule has 0 unspecified atom stereocenters. The van der Waals surface area contributed by atoms with Gasteiger partial charge in [-0.1, -0.05) is 11.8 Å². The summed E-state index contributed by atoms with van der Waals surface area (Å²) in [5, 5.41) is 4.94. The van der Waals surface area contributed by atoms with E-state index in [0.717, 1.165) is 20.1 Å². The largest absolute Gasteiger partial charge is 0.292 e. The average Bonchev–Trinajstić information content (AvgIpc) is 3.02. The Balaban J connectivity index is 1.76. The molecule has 0 aliphatic carbocycles. The number of aromatic nitrogens is 4. The number of carbonyl (C=O) groups excluding carboxylic acids is 1. The van der Waals surface area contributed by atoms with Crippen molar-refractivity contribution >= 4 is 50.6 Å². The zero-order valence-corrected chi connectivity index (χ0v) is 14.5. The molecule has 0 radical (unpaired) electrons. The minimum absolute atomic E-state index is 0.0791. The van der Waals surface area contributed by atoms with Crippen molar-refractivity contribution in [2.24, 2.45) is 0 Å². The maximum absolute atomic E-state index is 12.1. The molecule has 0 aromatic carbocycles. The zero-order chi connectivity index (χ0) is 15.0. The molecule has 8 heteroatoms. The molecule has 3 aromatic rings. The molecule has 0 atom stereocenters. The van der Waals surface area contributed by atoms with Crippen LogP contribution in [0.1, 0.15) is 21.1 Å². The number of ketones is 1. The summed E-state index contributed by atoms with van der Waals surface area (Å²) in [6.07, 6.45) is 0. The smallest absolute Gasteiger partial charge is 0.253 e. The van der Waals surface area contributed by atoms with Crippen LogP contribution in [0.4, 0.5) is 0 Å². The molecular weight excluding hydrogens is 372 g/mol. The van der Waals surface area contributed by atoms with Gasteiger partial charge >= 0.3 is 0 Å². The Morgan fingerprint density at radius 2 is 2.19 bits per heavy atom. The number of hydrogen-bond donors (Lipinski definition) is 0. The Morgan fingerprint density at radius 3 is 2.90 bits per heavy atom. The quantitative estimate of drug-likeness (QED) is 0.510. The molecule has 0 aliphatic heterocycles. The lowest BCUT2D eigenvalue weighted by Gasteiger charge is -1.97. The van der Waals surface area contributed by atoms with Crippen LogP contribution in [-0.2, 0) is 0 Å². The number of halogens is 1. The van der Waals surface area contributed by atoms with Crippen LogP contribution in [0.2, 0.25) is 0 Å². The van der Waals surface area contributed by atoms with Crippen molar-refractivity contribution in [1.29, 1.82) is 0 Å². The van der Waals surface area contributed by atoms with Crippen molar-refractivity contribution in [3.8, 4) is 0 Å². The lowest BCUT2D eigenvalue weighted by molar-refractivity contribution is 0.102. The van der Waals surface area contributed by atoms with Crippen LogP contribution >= 0.6 is 39.0 Å². The third-order valence-corrected chi connectivity index (χ3v) is 5.28. The van der Waals surface area contributed by atoms with Crippen molar-refractivity contribution in [2.75, 3.05) is 5.75 Å². The van der Waals surface area contributed by atoms with E-state index in [-0.39, 0.29) is 5.78 Å². The molecule has 108 valence electrons. The molecule has 0 N–H and O–H groups in total. The normalized spacial score (nSPS) is 11.2. The maximum atomic E-state index is 12.1. The van der Waals surface area contributed by atoms with E-state index in [9.17, 15) is 4.79 Å². The number of carbonyl (C=O) groups is 1. The molecule has 3 heterocycles. The Hall–Kier alpha value is -1.25. The van der Waals surface area contributed by atoms with E-state index in [0.29, 0.717) is 16.7 Å². The number of fused-ring (bicyclic) bond motifs is 1. The van der Waals surface area contributed by atoms with E-state index in [1.807, 2.05) is 32.0 Å². The highest BCUT2D eigenvalue weighted by molar-refractivity contribution is 9.11. The summed E-state index contributed by atoms with van der Waals surface area (Å²) in [4.78, 5) is 21.5. The van der Waals surface area contributed by atoms with Crippen LogP contribution in [0, 0.1) is 13.8 Å². The maximum Gasteiger partial charge on any atom is 0.253 e. The number of thiophene rings is 1. The number of rotatable bonds is 4. The summed E-state index contributed by atoms with van der Waals surface area (Å²) < 4.78 is 2.65. The predicted octanol–water partition coefficient (Wildman–Crippen LogP) is 3.54. The second-order valence-electron chi connectivity index (χ2n) is 4.46. The molecule has 3 rings (SSSR count). The Kier molecular flexibility index (Phi) is 4.10. The van der Waals surface area contributed by atoms with Gasteiger partial charge < -0.3 is 0 Å². The second kappa shape index (κ2) is 5.86.